The molecule has 3 aromatic rings. The average molecular weight is 480 g/mol. The number of nitrogens with one attached hydrogen (secondary N) is 3. The van der Waals surface area contributed by atoms with Crippen LogP contribution in [-0.4, -0.2) is 39.6 Å². The molecule has 0 unspecified atom stereocenters. The molecule has 0 atom stereocenters. The molecule has 0 spiro atoms. The highest BCUT2D eigenvalue weighted by molar-refractivity contribution is 7.91. The molecule has 3 aromatic carbocycles. The summed E-state index contributed by atoms with van der Waals surface area (Å²) in [7, 11) is -3.49. The van der Waals surface area contributed by atoms with Crippen LogP contribution in [0.3, 0.4) is 0 Å². The molecule has 0 aromatic heterocycles. The van der Waals surface area contributed by atoms with Crippen molar-refractivity contribution < 1.29 is 18.0 Å². The van der Waals surface area contributed by atoms with Gasteiger partial charge in [0, 0.05) is 12.8 Å². The van der Waals surface area contributed by atoms with E-state index in [0.29, 0.717) is 35.5 Å². The van der Waals surface area contributed by atoms with E-state index in [-0.39, 0.29) is 17.3 Å². The smallest absolute Gasteiger partial charge is 0.253 e. The van der Waals surface area contributed by atoms with Gasteiger partial charge in [0.1, 0.15) is 0 Å². The Hall–Kier alpha value is -3.65. The van der Waals surface area contributed by atoms with Crippen LogP contribution in [0.4, 0.5) is 11.4 Å². The Labute approximate surface area is 200 Å². The summed E-state index contributed by atoms with van der Waals surface area (Å²) in [6.07, 6.45) is 1.84. The highest BCUT2D eigenvalue weighted by atomic mass is 32.2. The van der Waals surface area contributed by atoms with Gasteiger partial charge < -0.3 is 16.0 Å². The van der Waals surface area contributed by atoms with Gasteiger partial charge in [-0.15, -0.1) is 0 Å². The summed E-state index contributed by atoms with van der Waals surface area (Å²) in [4.78, 5) is 25.5. The number of amides is 2. The van der Waals surface area contributed by atoms with Gasteiger partial charge in [0.25, 0.3) is 5.91 Å². The van der Waals surface area contributed by atoms with E-state index in [1.807, 2.05) is 37.3 Å². The van der Waals surface area contributed by atoms with Gasteiger partial charge in [0.2, 0.25) is 5.91 Å². The van der Waals surface area contributed by atoms with Crippen molar-refractivity contribution in [1.82, 2.24) is 5.32 Å². The van der Waals surface area contributed by atoms with Crippen LogP contribution in [-0.2, 0) is 21.1 Å². The van der Waals surface area contributed by atoms with Crippen LogP contribution in [0.15, 0.2) is 71.6 Å². The van der Waals surface area contributed by atoms with E-state index < -0.39 is 15.7 Å². The zero-order valence-electron chi connectivity index (χ0n) is 19.5. The number of aryl methyl sites for hydroxylation is 1. The Kier molecular flexibility index (Phi) is 8.07. The standard InChI is InChI=1S/C26H29N3O4S/c1-18-13-14-23(25(19(18)2)34(3,32)33)28-17-24(30)29-22-12-8-7-11-21(22)26(31)27-16-15-20-9-5-4-6-10-20/h4-14,28H,15-17H2,1-3H3,(H,27,31)(H,29,30). The van der Waals surface area contributed by atoms with E-state index in [2.05, 4.69) is 16.0 Å². The number of benzene rings is 3. The van der Waals surface area contributed by atoms with Crippen molar-refractivity contribution in [2.75, 3.05) is 30.0 Å². The van der Waals surface area contributed by atoms with Gasteiger partial charge in [-0.25, -0.2) is 8.42 Å². The van der Waals surface area contributed by atoms with Gasteiger partial charge in [-0.05, 0) is 55.2 Å². The quantitative estimate of drug-likeness (QED) is 0.434. The SMILES string of the molecule is Cc1ccc(NCC(=O)Nc2ccccc2C(=O)NCCc2ccccc2)c(S(C)(=O)=O)c1C. The molecule has 3 rings (SSSR count). The Balaban J connectivity index is 1.64. The van der Waals surface area contributed by atoms with Crippen LogP contribution in [0.1, 0.15) is 27.0 Å². The van der Waals surface area contributed by atoms with Gasteiger partial charge in [-0.2, -0.15) is 0 Å². The van der Waals surface area contributed by atoms with E-state index in [1.165, 1.54) is 0 Å². The zero-order valence-corrected chi connectivity index (χ0v) is 20.3. The maximum absolute atomic E-state index is 12.7. The van der Waals surface area contributed by atoms with Gasteiger partial charge in [-0.1, -0.05) is 48.5 Å². The minimum absolute atomic E-state index is 0.158. The van der Waals surface area contributed by atoms with Gasteiger partial charge in [-0.3, -0.25) is 9.59 Å². The van der Waals surface area contributed by atoms with Crippen molar-refractivity contribution >= 4 is 33.0 Å². The molecule has 0 aliphatic rings. The number of carbonyl (C=O) groups is 2. The minimum Gasteiger partial charge on any atom is -0.375 e. The fourth-order valence-electron chi connectivity index (χ4n) is 3.63. The van der Waals surface area contributed by atoms with Crippen LogP contribution < -0.4 is 16.0 Å². The lowest BCUT2D eigenvalue weighted by molar-refractivity contribution is -0.114. The predicted octanol–water partition coefficient (Wildman–Crippen LogP) is 3.73. The molecule has 7 nitrogen and oxygen atoms in total. The Morgan fingerprint density at radius 2 is 1.53 bits per heavy atom. The second-order valence-electron chi connectivity index (χ2n) is 8.10. The first-order valence-electron chi connectivity index (χ1n) is 10.9. The van der Waals surface area contributed by atoms with Crippen molar-refractivity contribution in [3.8, 4) is 0 Å². The van der Waals surface area contributed by atoms with Gasteiger partial charge in [0.05, 0.1) is 28.4 Å². The molecule has 3 N–H and O–H groups in total. The maximum Gasteiger partial charge on any atom is 0.253 e. The summed E-state index contributed by atoms with van der Waals surface area (Å²) in [6.45, 7) is 3.88. The molecule has 0 aliphatic heterocycles. The highest BCUT2D eigenvalue weighted by Gasteiger charge is 2.19. The second kappa shape index (κ2) is 11.0. The third-order valence-corrected chi connectivity index (χ3v) is 6.74. The first kappa shape index (κ1) is 25.0. The molecule has 8 heteroatoms. The lowest BCUT2D eigenvalue weighted by Crippen LogP contribution is -2.28. The van der Waals surface area contributed by atoms with Crippen LogP contribution in [0.2, 0.25) is 0 Å². The summed E-state index contributed by atoms with van der Waals surface area (Å²) in [5.41, 5.74) is 3.72. The number of para-hydroxylation sites is 1. The summed E-state index contributed by atoms with van der Waals surface area (Å²) >= 11 is 0. The molecule has 0 bridgehead atoms. The normalized spacial score (nSPS) is 11.0. The van der Waals surface area contributed by atoms with Crippen molar-refractivity contribution in [2.24, 2.45) is 0 Å². The van der Waals surface area contributed by atoms with Crippen LogP contribution in [0, 0.1) is 13.8 Å². The van der Waals surface area contributed by atoms with Crippen LogP contribution in [0.5, 0.6) is 0 Å². The molecular formula is C26H29N3O4S. The fourth-order valence-corrected chi connectivity index (χ4v) is 4.88. The topological polar surface area (TPSA) is 104 Å². The Bertz CT molecular complexity index is 1290. The van der Waals surface area contributed by atoms with Crippen molar-refractivity contribution in [3.63, 3.8) is 0 Å². The van der Waals surface area contributed by atoms with Crippen molar-refractivity contribution in [1.29, 1.82) is 0 Å². The van der Waals surface area contributed by atoms with Gasteiger partial charge >= 0.3 is 0 Å². The minimum atomic E-state index is -3.49. The lowest BCUT2D eigenvalue weighted by atomic mass is 10.1. The number of hydrogen-bond acceptors (Lipinski definition) is 5. The first-order chi connectivity index (χ1) is 16.2. The summed E-state index contributed by atoms with van der Waals surface area (Å²) in [5, 5.41) is 8.54. The second-order valence-corrected chi connectivity index (χ2v) is 10.0. The fraction of sp³-hybridized carbons (Fsp3) is 0.231. The monoisotopic (exact) mass is 479 g/mol. The van der Waals surface area contributed by atoms with E-state index in [1.54, 1.807) is 43.3 Å². The Morgan fingerprint density at radius 1 is 0.853 bits per heavy atom. The zero-order chi connectivity index (χ0) is 24.7. The molecule has 0 fully saturated rings. The van der Waals surface area contributed by atoms with Crippen LogP contribution in [0.25, 0.3) is 0 Å². The average Bonchev–Trinajstić information content (AvgIpc) is 2.80. The largest absolute Gasteiger partial charge is 0.375 e. The summed E-state index contributed by atoms with van der Waals surface area (Å²) in [5.74, 6) is -0.685. The number of sulfone groups is 1. The number of rotatable bonds is 9. The van der Waals surface area contributed by atoms with E-state index in [4.69, 9.17) is 0 Å². The number of anilines is 2. The summed E-state index contributed by atoms with van der Waals surface area (Å²) in [6, 6.07) is 20.1. The highest BCUT2D eigenvalue weighted by Crippen LogP contribution is 2.27. The molecule has 0 saturated carbocycles. The molecule has 34 heavy (non-hydrogen) atoms. The number of hydrogen-bond donors (Lipinski definition) is 3. The first-order valence-corrected chi connectivity index (χ1v) is 12.8. The molecular weight excluding hydrogens is 450 g/mol. The third-order valence-electron chi connectivity index (χ3n) is 5.47. The molecule has 2 amide bonds. The molecule has 0 aliphatic carbocycles. The summed E-state index contributed by atoms with van der Waals surface area (Å²) < 4.78 is 24.5. The third kappa shape index (κ3) is 6.45. The van der Waals surface area contributed by atoms with E-state index in [0.717, 1.165) is 17.4 Å². The van der Waals surface area contributed by atoms with Crippen molar-refractivity contribution in [2.45, 2.75) is 25.2 Å². The molecule has 178 valence electrons. The number of carbonyl (C=O) groups excluding carboxylic acids is 2. The van der Waals surface area contributed by atoms with E-state index >= 15 is 0 Å². The molecule has 0 saturated heterocycles. The lowest BCUT2D eigenvalue weighted by Gasteiger charge is -2.16. The predicted molar refractivity (Wildman–Crippen MR) is 135 cm³/mol. The molecule has 0 heterocycles. The van der Waals surface area contributed by atoms with E-state index in [9.17, 15) is 18.0 Å². The van der Waals surface area contributed by atoms with Crippen LogP contribution >= 0.6 is 0 Å². The maximum atomic E-state index is 12.7. The molecule has 0 radical (unpaired) electrons. The van der Waals surface area contributed by atoms with Crippen molar-refractivity contribution in [3.05, 3.63) is 89.0 Å². The Morgan fingerprint density at radius 3 is 2.24 bits per heavy atom. The van der Waals surface area contributed by atoms with Gasteiger partial charge in [0.15, 0.2) is 9.84 Å².